The van der Waals surface area contributed by atoms with E-state index in [9.17, 15) is 4.79 Å². The van der Waals surface area contributed by atoms with Crippen LogP contribution in [0, 0.1) is 0 Å². The Morgan fingerprint density at radius 1 is 1.17 bits per heavy atom. The van der Waals surface area contributed by atoms with Crippen LogP contribution in [-0.2, 0) is 4.79 Å². The number of ketones is 1. The molecule has 0 aliphatic heterocycles. The summed E-state index contributed by atoms with van der Waals surface area (Å²) < 4.78 is 0. The smallest absolute Gasteiger partial charge is 0.132 e. The van der Waals surface area contributed by atoms with Crippen molar-refractivity contribution in [2.45, 2.75) is 39.5 Å². The lowest BCUT2D eigenvalue weighted by molar-refractivity contribution is -0.118. The molecule has 0 aromatic heterocycles. The summed E-state index contributed by atoms with van der Waals surface area (Å²) in [6, 6.07) is 0. The number of hydrogen-bond donors (Lipinski definition) is 0. The van der Waals surface area contributed by atoms with Crippen molar-refractivity contribution in [1.82, 2.24) is 0 Å². The van der Waals surface area contributed by atoms with Gasteiger partial charge >= 0.3 is 0 Å². The van der Waals surface area contributed by atoms with Crippen LogP contribution in [0.3, 0.4) is 0 Å². The van der Waals surface area contributed by atoms with E-state index in [1.165, 1.54) is 0 Å². The first-order valence-electron chi connectivity index (χ1n) is 4.64. The number of hydrogen-bond acceptors (Lipinski definition) is 1. The van der Waals surface area contributed by atoms with Crippen LogP contribution in [0.4, 0.5) is 0 Å². The molecule has 1 heteroatoms. The van der Waals surface area contributed by atoms with Crippen molar-refractivity contribution in [3.63, 3.8) is 0 Å². The van der Waals surface area contributed by atoms with Gasteiger partial charge in [-0.15, -0.1) is 0 Å². The van der Waals surface area contributed by atoms with E-state index in [-0.39, 0.29) is 0 Å². The zero-order valence-electron chi connectivity index (χ0n) is 8.05. The third kappa shape index (κ3) is 7.26. The maximum Gasteiger partial charge on any atom is 0.132 e. The number of carbonyl (C=O) groups is 1. The summed E-state index contributed by atoms with van der Waals surface area (Å²) in [6.07, 6.45) is 11.5. The molecule has 0 aromatic rings. The molecule has 68 valence electrons. The Morgan fingerprint density at radius 3 is 2.42 bits per heavy atom. The lowest BCUT2D eigenvalue weighted by atomic mass is 10.2. The van der Waals surface area contributed by atoms with Crippen LogP contribution in [0.15, 0.2) is 24.3 Å². The van der Waals surface area contributed by atoms with E-state index in [1.54, 1.807) is 0 Å². The maximum absolute atomic E-state index is 10.8. The summed E-state index contributed by atoms with van der Waals surface area (Å²) in [4.78, 5) is 10.8. The Hall–Kier alpha value is -0.850. The molecule has 0 saturated heterocycles. The molecule has 0 aliphatic carbocycles. The standard InChI is InChI=1S/C11H18O/c1-3-5-6-7-8-9-10-11(12)4-2/h5-8H,3-4,9-10H2,1-2H3/b6-5-,8-7-. The SMILES string of the molecule is CC/C=C\C=C/CCC(=O)CC. The summed E-state index contributed by atoms with van der Waals surface area (Å²) in [7, 11) is 0. The molecule has 12 heavy (non-hydrogen) atoms. The molecule has 0 radical (unpaired) electrons. The summed E-state index contributed by atoms with van der Waals surface area (Å²) in [6.45, 7) is 4.01. The Morgan fingerprint density at radius 2 is 1.83 bits per heavy atom. The van der Waals surface area contributed by atoms with Crippen molar-refractivity contribution < 1.29 is 4.79 Å². The van der Waals surface area contributed by atoms with Gasteiger partial charge in [-0.2, -0.15) is 0 Å². The topological polar surface area (TPSA) is 17.1 Å². The van der Waals surface area contributed by atoms with Crippen LogP contribution in [0.1, 0.15) is 39.5 Å². The van der Waals surface area contributed by atoms with Crippen molar-refractivity contribution >= 4 is 5.78 Å². The molecule has 0 saturated carbocycles. The Labute approximate surface area is 75.2 Å². The molecule has 0 amide bonds. The highest BCUT2D eigenvalue weighted by molar-refractivity contribution is 5.78. The minimum Gasteiger partial charge on any atom is -0.300 e. The maximum atomic E-state index is 10.8. The second-order valence-electron chi connectivity index (χ2n) is 2.70. The van der Waals surface area contributed by atoms with E-state index < -0.39 is 0 Å². The largest absolute Gasteiger partial charge is 0.300 e. The summed E-state index contributed by atoms with van der Waals surface area (Å²) >= 11 is 0. The van der Waals surface area contributed by atoms with Crippen LogP contribution in [0.25, 0.3) is 0 Å². The summed E-state index contributed by atoms with van der Waals surface area (Å²) in [5.74, 6) is 0.346. The van der Waals surface area contributed by atoms with Crippen molar-refractivity contribution in [2.75, 3.05) is 0 Å². The molecule has 0 atom stereocenters. The lowest BCUT2D eigenvalue weighted by Crippen LogP contribution is -1.92. The first-order valence-corrected chi connectivity index (χ1v) is 4.64. The molecular formula is C11H18O. The third-order valence-electron chi connectivity index (χ3n) is 1.60. The molecule has 1 nitrogen and oxygen atoms in total. The van der Waals surface area contributed by atoms with Crippen molar-refractivity contribution in [3.8, 4) is 0 Å². The first kappa shape index (κ1) is 11.2. The summed E-state index contributed by atoms with van der Waals surface area (Å²) in [5, 5.41) is 0. The number of rotatable bonds is 6. The second-order valence-corrected chi connectivity index (χ2v) is 2.70. The third-order valence-corrected chi connectivity index (χ3v) is 1.60. The Kier molecular flexibility index (Phi) is 7.66. The van der Waals surface area contributed by atoms with Crippen LogP contribution in [0.5, 0.6) is 0 Å². The average molecular weight is 166 g/mol. The average Bonchev–Trinajstić information content (AvgIpc) is 2.10. The van der Waals surface area contributed by atoms with Gasteiger partial charge < -0.3 is 0 Å². The quantitative estimate of drug-likeness (QED) is 0.553. The molecule has 0 aromatic carbocycles. The minimum absolute atomic E-state index is 0.346. The number of Topliss-reactive ketones (excluding diaryl/α,β-unsaturated/α-hetero) is 1. The van der Waals surface area contributed by atoms with Gasteiger partial charge in [0.05, 0.1) is 0 Å². The molecule has 0 fully saturated rings. The van der Waals surface area contributed by atoms with Gasteiger partial charge in [0, 0.05) is 12.8 Å². The van der Waals surface area contributed by atoms with Crippen LogP contribution >= 0.6 is 0 Å². The fourth-order valence-corrected chi connectivity index (χ4v) is 0.811. The minimum atomic E-state index is 0.346. The van der Waals surface area contributed by atoms with Gasteiger partial charge in [0.1, 0.15) is 5.78 Å². The Balaban J connectivity index is 3.36. The molecule has 0 spiro atoms. The van der Waals surface area contributed by atoms with Crippen molar-refractivity contribution in [1.29, 1.82) is 0 Å². The zero-order valence-corrected chi connectivity index (χ0v) is 8.05. The van der Waals surface area contributed by atoms with Crippen LogP contribution < -0.4 is 0 Å². The van der Waals surface area contributed by atoms with E-state index in [0.29, 0.717) is 18.6 Å². The molecule has 0 unspecified atom stereocenters. The second kappa shape index (κ2) is 8.25. The fourth-order valence-electron chi connectivity index (χ4n) is 0.811. The highest BCUT2D eigenvalue weighted by atomic mass is 16.1. The van der Waals surface area contributed by atoms with E-state index in [2.05, 4.69) is 13.0 Å². The lowest BCUT2D eigenvalue weighted by Gasteiger charge is -1.90. The molecule has 0 aliphatic rings. The normalized spacial score (nSPS) is 11.5. The van der Waals surface area contributed by atoms with E-state index in [0.717, 1.165) is 12.8 Å². The Bertz CT molecular complexity index is 166. The fraction of sp³-hybridized carbons (Fsp3) is 0.545. The van der Waals surface area contributed by atoms with Crippen molar-refractivity contribution in [3.05, 3.63) is 24.3 Å². The van der Waals surface area contributed by atoms with Crippen LogP contribution in [-0.4, -0.2) is 5.78 Å². The monoisotopic (exact) mass is 166 g/mol. The van der Waals surface area contributed by atoms with E-state index in [4.69, 9.17) is 0 Å². The molecule has 0 N–H and O–H groups in total. The van der Waals surface area contributed by atoms with Gasteiger partial charge in [-0.25, -0.2) is 0 Å². The predicted octanol–water partition coefficient (Wildman–Crippen LogP) is 3.27. The zero-order chi connectivity index (χ0) is 9.23. The van der Waals surface area contributed by atoms with Gasteiger partial charge in [0.2, 0.25) is 0 Å². The van der Waals surface area contributed by atoms with Gasteiger partial charge in [-0.3, -0.25) is 4.79 Å². The van der Waals surface area contributed by atoms with E-state index >= 15 is 0 Å². The molecule has 0 bridgehead atoms. The predicted molar refractivity (Wildman–Crippen MR) is 53.1 cm³/mol. The highest BCUT2D eigenvalue weighted by Crippen LogP contribution is 1.96. The number of allylic oxidation sites excluding steroid dienone is 4. The van der Waals surface area contributed by atoms with Gasteiger partial charge in [0.15, 0.2) is 0 Å². The van der Waals surface area contributed by atoms with Crippen molar-refractivity contribution in [2.24, 2.45) is 0 Å². The first-order chi connectivity index (χ1) is 5.81. The highest BCUT2D eigenvalue weighted by Gasteiger charge is 1.93. The molecule has 0 rings (SSSR count). The summed E-state index contributed by atoms with van der Waals surface area (Å²) in [5.41, 5.74) is 0. The number of carbonyl (C=O) groups excluding carboxylic acids is 1. The van der Waals surface area contributed by atoms with Gasteiger partial charge in [-0.1, -0.05) is 38.2 Å². The van der Waals surface area contributed by atoms with Gasteiger partial charge in [-0.05, 0) is 12.8 Å². The van der Waals surface area contributed by atoms with Crippen LogP contribution in [0.2, 0.25) is 0 Å². The molecule has 0 heterocycles. The van der Waals surface area contributed by atoms with E-state index in [1.807, 2.05) is 25.2 Å². The molecular weight excluding hydrogens is 148 g/mol. The van der Waals surface area contributed by atoms with Gasteiger partial charge in [0.25, 0.3) is 0 Å².